The third-order valence-electron chi connectivity index (χ3n) is 4.63. The molecule has 1 aromatic carbocycles. The van der Waals surface area contributed by atoms with E-state index in [1.54, 1.807) is 14.2 Å². The summed E-state index contributed by atoms with van der Waals surface area (Å²) in [6.45, 7) is 1.95. The van der Waals surface area contributed by atoms with Crippen LogP contribution in [0.1, 0.15) is 24.8 Å². The van der Waals surface area contributed by atoms with Crippen molar-refractivity contribution in [3.63, 3.8) is 0 Å². The maximum Gasteiger partial charge on any atom is 0.229 e. The fourth-order valence-electron chi connectivity index (χ4n) is 3.45. The number of ether oxygens (including phenoxy) is 2. The highest BCUT2D eigenvalue weighted by molar-refractivity contribution is 5.94. The lowest BCUT2D eigenvalue weighted by atomic mass is 9.88. The first-order valence-electron chi connectivity index (χ1n) is 7.42. The van der Waals surface area contributed by atoms with Crippen LogP contribution in [0.4, 0.5) is 5.69 Å². The number of carbonyl (C=O) groups excluding carboxylic acids is 1. The van der Waals surface area contributed by atoms with Gasteiger partial charge < -0.3 is 20.1 Å². The van der Waals surface area contributed by atoms with E-state index < -0.39 is 0 Å². The molecule has 21 heavy (non-hydrogen) atoms. The van der Waals surface area contributed by atoms with Gasteiger partial charge in [-0.05, 0) is 37.8 Å². The SMILES string of the molecule is COc1cc(C)c(NC(=O)C2CC3CCC2N3)cc1OC. The maximum absolute atomic E-state index is 12.5. The van der Waals surface area contributed by atoms with Crippen LogP contribution in [0.25, 0.3) is 0 Å². The molecule has 0 aromatic heterocycles. The number of methoxy groups -OCH3 is 2. The summed E-state index contributed by atoms with van der Waals surface area (Å²) in [7, 11) is 3.20. The van der Waals surface area contributed by atoms with E-state index >= 15 is 0 Å². The van der Waals surface area contributed by atoms with Crippen molar-refractivity contribution in [2.45, 2.75) is 38.3 Å². The molecular formula is C16H22N2O3. The van der Waals surface area contributed by atoms with Crippen molar-refractivity contribution >= 4 is 11.6 Å². The Morgan fingerprint density at radius 2 is 1.95 bits per heavy atom. The molecule has 2 N–H and O–H groups in total. The van der Waals surface area contributed by atoms with Crippen molar-refractivity contribution in [3.8, 4) is 11.5 Å². The van der Waals surface area contributed by atoms with E-state index in [1.165, 1.54) is 6.42 Å². The maximum atomic E-state index is 12.5. The second-order valence-electron chi connectivity index (χ2n) is 5.90. The number of carbonyl (C=O) groups is 1. The Morgan fingerprint density at radius 3 is 2.52 bits per heavy atom. The van der Waals surface area contributed by atoms with Crippen molar-refractivity contribution in [1.82, 2.24) is 5.32 Å². The van der Waals surface area contributed by atoms with Crippen molar-refractivity contribution in [2.75, 3.05) is 19.5 Å². The molecule has 3 atom stereocenters. The molecule has 2 fully saturated rings. The number of hydrogen-bond acceptors (Lipinski definition) is 4. The summed E-state index contributed by atoms with van der Waals surface area (Å²) in [6, 6.07) is 4.58. The van der Waals surface area contributed by atoms with Gasteiger partial charge in [-0.3, -0.25) is 4.79 Å². The van der Waals surface area contributed by atoms with Crippen LogP contribution in [0.15, 0.2) is 12.1 Å². The molecule has 2 saturated heterocycles. The molecule has 2 bridgehead atoms. The molecule has 5 heteroatoms. The number of nitrogens with one attached hydrogen (secondary N) is 2. The molecule has 3 rings (SSSR count). The number of benzene rings is 1. The fraction of sp³-hybridized carbons (Fsp3) is 0.562. The van der Waals surface area contributed by atoms with Crippen LogP contribution in [0, 0.1) is 12.8 Å². The largest absolute Gasteiger partial charge is 0.493 e. The zero-order valence-electron chi connectivity index (χ0n) is 12.7. The average Bonchev–Trinajstić information content (AvgIpc) is 3.11. The minimum atomic E-state index is 0.0799. The lowest BCUT2D eigenvalue weighted by Gasteiger charge is -2.20. The Balaban J connectivity index is 1.76. The second kappa shape index (κ2) is 5.56. The molecule has 5 nitrogen and oxygen atoms in total. The van der Waals surface area contributed by atoms with Gasteiger partial charge in [0.15, 0.2) is 11.5 Å². The Kier molecular flexibility index (Phi) is 3.76. The predicted octanol–water partition coefficient (Wildman–Crippen LogP) is 2.09. The monoisotopic (exact) mass is 290 g/mol. The van der Waals surface area contributed by atoms with E-state index in [4.69, 9.17) is 9.47 Å². The first-order valence-corrected chi connectivity index (χ1v) is 7.42. The van der Waals surface area contributed by atoms with E-state index in [1.807, 2.05) is 19.1 Å². The summed E-state index contributed by atoms with van der Waals surface area (Å²) in [5.74, 6) is 1.49. The third kappa shape index (κ3) is 2.58. The Bertz CT molecular complexity index is 559. The summed E-state index contributed by atoms with van der Waals surface area (Å²) < 4.78 is 10.6. The van der Waals surface area contributed by atoms with E-state index in [0.29, 0.717) is 23.6 Å². The van der Waals surface area contributed by atoms with E-state index in [9.17, 15) is 4.79 Å². The second-order valence-corrected chi connectivity index (χ2v) is 5.90. The van der Waals surface area contributed by atoms with Gasteiger partial charge in [-0.25, -0.2) is 0 Å². The van der Waals surface area contributed by atoms with Gasteiger partial charge in [0, 0.05) is 23.8 Å². The Hall–Kier alpha value is -1.75. The van der Waals surface area contributed by atoms with Crippen LogP contribution in [0.2, 0.25) is 0 Å². The highest BCUT2D eigenvalue weighted by Gasteiger charge is 2.42. The number of aryl methyl sites for hydroxylation is 1. The third-order valence-corrected chi connectivity index (χ3v) is 4.63. The molecule has 3 unspecified atom stereocenters. The Labute approximate surface area is 125 Å². The van der Waals surface area contributed by atoms with Gasteiger partial charge in [0.1, 0.15) is 0 Å². The quantitative estimate of drug-likeness (QED) is 0.891. The van der Waals surface area contributed by atoms with E-state index in [-0.39, 0.29) is 11.8 Å². The molecule has 2 aliphatic heterocycles. The number of amides is 1. The summed E-state index contributed by atoms with van der Waals surface area (Å²) >= 11 is 0. The number of anilines is 1. The Morgan fingerprint density at radius 1 is 1.24 bits per heavy atom. The summed E-state index contributed by atoms with van der Waals surface area (Å²) in [4.78, 5) is 12.5. The normalized spacial score (nSPS) is 26.7. The van der Waals surface area contributed by atoms with Crippen LogP contribution in [-0.4, -0.2) is 32.2 Å². The van der Waals surface area contributed by atoms with Gasteiger partial charge in [0.2, 0.25) is 5.91 Å². The van der Waals surface area contributed by atoms with Crippen molar-refractivity contribution in [2.24, 2.45) is 5.92 Å². The molecule has 0 aliphatic carbocycles. The number of fused-ring (bicyclic) bond motifs is 2. The van der Waals surface area contributed by atoms with Crippen LogP contribution >= 0.6 is 0 Å². The lowest BCUT2D eigenvalue weighted by molar-refractivity contribution is -0.120. The summed E-state index contributed by atoms with van der Waals surface area (Å²) in [6.07, 6.45) is 3.25. The minimum Gasteiger partial charge on any atom is -0.493 e. The zero-order valence-corrected chi connectivity index (χ0v) is 12.7. The van der Waals surface area contributed by atoms with Crippen molar-refractivity contribution in [1.29, 1.82) is 0 Å². The molecule has 0 saturated carbocycles. The van der Waals surface area contributed by atoms with Crippen LogP contribution in [0.3, 0.4) is 0 Å². The van der Waals surface area contributed by atoms with Gasteiger partial charge in [-0.15, -0.1) is 0 Å². The number of rotatable bonds is 4. The lowest BCUT2D eigenvalue weighted by Crippen LogP contribution is -2.33. The predicted molar refractivity (Wildman–Crippen MR) is 81.0 cm³/mol. The molecule has 2 heterocycles. The average molecular weight is 290 g/mol. The van der Waals surface area contributed by atoms with Gasteiger partial charge in [0.25, 0.3) is 0 Å². The van der Waals surface area contributed by atoms with Crippen LogP contribution in [-0.2, 0) is 4.79 Å². The molecule has 0 radical (unpaired) electrons. The molecular weight excluding hydrogens is 268 g/mol. The van der Waals surface area contributed by atoms with E-state index in [0.717, 1.165) is 24.1 Å². The minimum absolute atomic E-state index is 0.0799. The topological polar surface area (TPSA) is 59.6 Å². The van der Waals surface area contributed by atoms with E-state index in [2.05, 4.69) is 10.6 Å². The summed E-state index contributed by atoms with van der Waals surface area (Å²) in [5, 5.41) is 6.54. The zero-order chi connectivity index (χ0) is 15.0. The smallest absolute Gasteiger partial charge is 0.229 e. The first kappa shape index (κ1) is 14.2. The summed E-state index contributed by atoms with van der Waals surface area (Å²) in [5.41, 5.74) is 1.76. The van der Waals surface area contributed by atoms with Gasteiger partial charge >= 0.3 is 0 Å². The van der Waals surface area contributed by atoms with Crippen LogP contribution < -0.4 is 20.1 Å². The van der Waals surface area contributed by atoms with Crippen molar-refractivity contribution < 1.29 is 14.3 Å². The standard InChI is InChI=1S/C16H22N2O3/c1-9-6-14(20-2)15(21-3)8-13(9)18-16(19)11-7-10-4-5-12(11)17-10/h6,8,10-12,17H,4-5,7H2,1-3H3,(H,18,19). The number of hydrogen-bond donors (Lipinski definition) is 2. The molecule has 1 aromatic rings. The molecule has 0 spiro atoms. The van der Waals surface area contributed by atoms with Crippen molar-refractivity contribution in [3.05, 3.63) is 17.7 Å². The highest BCUT2D eigenvalue weighted by atomic mass is 16.5. The van der Waals surface area contributed by atoms with Gasteiger partial charge in [0.05, 0.1) is 20.1 Å². The first-order chi connectivity index (χ1) is 10.1. The highest BCUT2D eigenvalue weighted by Crippen LogP contribution is 2.36. The molecule has 114 valence electrons. The molecule has 1 amide bonds. The fourth-order valence-corrected chi connectivity index (χ4v) is 3.45. The van der Waals surface area contributed by atoms with Crippen LogP contribution in [0.5, 0.6) is 11.5 Å². The molecule has 2 aliphatic rings. The van der Waals surface area contributed by atoms with Gasteiger partial charge in [-0.1, -0.05) is 0 Å². The van der Waals surface area contributed by atoms with Gasteiger partial charge in [-0.2, -0.15) is 0 Å².